The molecule has 1 aromatic carbocycles. The number of hydrogen-bond acceptors (Lipinski definition) is 2. The summed E-state index contributed by atoms with van der Waals surface area (Å²) in [7, 11) is 0. The van der Waals surface area contributed by atoms with Crippen molar-refractivity contribution in [1.82, 2.24) is 0 Å². The highest BCUT2D eigenvalue weighted by Crippen LogP contribution is 2.37. The lowest BCUT2D eigenvalue weighted by Crippen LogP contribution is -1.72. The van der Waals surface area contributed by atoms with Crippen LogP contribution in [0.15, 0.2) is 36.4 Å². The van der Waals surface area contributed by atoms with Gasteiger partial charge in [0.05, 0.1) is 0 Å². The van der Waals surface area contributed by atoms with Crippen molar-refractivity contribution in [3.8, 4) is 10.4 Å². The molecule has 0 unspecified atom stereocenters. The standard InChI is InChI=1S/C14H12S2.C2H6/c1-9-3-5-11(6-4-9)12-8-14-13(16-12)7-10(2)15-14;1-2/h3-8H,1-2H3;1-2H3. The van der Waals surface area contributed by atoms with Gasteiger partial charge in [0.2, 0.25) is 0 Å². The van der Waals surface area contributed by atoms with E-state index in [-0.39, 0.29) is 0 Å². The maximum atomic E-state index is 2.31. The molecule has 3 rings (SSSR count). The Hall–Kier alpha value is -1.12. The van der Waals surface area contributed by atoms with E-state index < -0.39 is 0 Å². The summed E-state index contributed by atoms with van der Waals surface area (Å²) in [5, 5.41) is 0. The van der Waals surface area contributed by atoms with Crippen LogP contribution in [0.2, 0.25) is 0 Å². The number of rotatable bonds is 1. The maximum Gasteiger partial charge on any atom is 0.0459 e. The van der Waals surface area contributed by atoms with Crippen LogP contribution < -0.4 is 0 Å². The van der Waals surface area contributed by atoms with Gasteiger partial charge in [0, 0.05) is 19.2 Å². The van der Waals surface area contributed by atoms with E-state index in [4.69, 9.17) is 0 Å². The summed E-state index contributed by atoms with van der Waals surface area (Å²) in [6, 6.07) is 13.3. The van der Waals surface area contributed by atoms with Crippen LogP contribution in [0.5, 0.6) is 0 Å². The Morgan fingerprint density at radius 1 is 0.778 bits per heavy atom. The molecule has 0 aliphatic rings. The summed E-state index contributed by atoms with van der Waals surface area (Å²) < 4.78 is 2.83. The van der Waals surface area contributed by atoms with Crippen molar-refractivity contribution in [3.05, 3.63) is 46.8 Å². The van der Waals surface area contributed by atoms with Gasteiger partial charge in [0.1, 0.15) is 0 Å². The Kier molecular flexibility index (Phi) is 4.20. The molecule has 3 aromatic rings. The van der Waals surface area contributed by atoms with Crippen molar-refractivity contribution in [2.75, 3.05) is 0 Å². The molecule has 2 heteroatoms. The lowest BCUT2D eigenvalue weighted by molar-refractivity contribution is 1.48. The molecular formula is C16H18S2. The van der Waals surface area contributed by atoms with Gasteiger partial charge < -0.3 is 0 Å². The molecule has 0 atom stereocenters. The van der Waals surface area contributed by atoms with E-state index in [1.54, 1.807) is 0 Å². The van der Waals surface area contributed by atoms with Gasteiger partial charge in [-0.15, -0.1) is 22.7 Å². The predicted molar refractivity (Wildman–Crippen MR) is 86.0 cm³/mol. The number of thiophene rings is 2. The lowest BCUT2D eigenvalue weighted by Gasteiger charge is -1.97. The molecule has 0 amide bonds. The summed E-state index contributed by atoms with van der Waals surface area (Å²) in [4.78, 5) is 2.78. The van der Waals surface area contributed by atoms with Crippen molar-refractivity contribution in [1.29, 1.82) is 0 Å². The Morgan fingerprint density at radius 2 is 1.39 bits per heavy atom. The molecule has 0 N–H and O–H groups in total. The molecule has 0 aliphatic heterocycles. The summed E-state index contributed by atoms with van der Waals surface area (Å²) >= 11 is 3.77. The van der Waals surface area contributed by atoms with Gasteiger partial charge in [-0.3, -0.25) is 0 Å². The number of aryl methyl sites for hydroxylation is 2. The fourth-order valence-corrected chi connectivity index (χ4v) is 4.14. The number of fused-ring (bicyclic) bond motifs is 1. The van der Waals surface area contributed by atoms with Gasteiger partial charge in [0.25, 0.3) is 0 Å². The van der Waals surface area contributed by atoms with Gasteiger partial charge >= 0.3 is 0 Å². The van der Waals surface area contributed by atoms with Crippen LogP contribution in [0.3, 0.4) is 0 Å². The molecule has 0 aliphatic carbocycles. The molecule has 0 fully saturated rings. The fraction of sp³-hybridized carbons (Fsp3) is 0.250. The molecule has 2 aromatic heterocycles. The largest absolute Gasteiger partial charge is 0.140 e. The quantitative estimate of drug-likeness (QED) is 0.490. The Bertz CT molecular complexity index is 595. The minimum absolute atomic E-state index is 1.32. The molecule has 94 valence electrons. The normalized spacial score (nSPS) is 10.2. The topological polar surface area (TPSA) is 0 Å². The Labute approximate surface area is 117 Å². The third-order valence-corrected chi connectivity index (χ3v) is 4.92. The SMILES string of the molecule is CC.Cc1ccc(-c2cc3sc(C)cc3s2)cc1. The van der Waals surface area contributed by atoms with Crippen LogP contribution in [0, 0.1) is 13.8 Å². The van der Waals surface area contributed by atoms with Crippen molar-refractivity contribution in [3.63, 3.8) is 0 Å². The van der Waals surface area contributed by atoms with Crippen LogP contribution in [-0.2, 0) is 0 Å². The minimum Gasteiger partial charge on any atom is -0.140 e. The second-order valence-electron chi connectivity index (χ2n) is 4.06. The lowest BCUT2D eigenvalue weighted by atomic mass is 10.1. The first-order valence-corrected chi connectivity index (χ1v) is 7.93. The zero-order valence-electron chi connectivity index (χ0n) is 11.3. The molecule has 18 heavy (non-hydrogen) atoms. The van der Waals surface area contributed by atoms with Crippen molar-refractivity contribution in [2.24, 2.45) is 0 Å². The Morgan fingerprint density at radius 3 is 2.00 bits per heavy atom. The molecule has 0 bridgehead atoms. The molecular weight excluding hydrogens is 256 g/mol. The first kappa shape index (κ1) is 13.3. The molecule has 0 radical (unpaired) electrons. The fourth-order valence-electron chi connectivity index (χ4n) is 1.82. The summed E-state index contributed by atoms with van der Waals surface area (Å²) in [6.07, 6.45) is 0. The van der Waals surface area contributed by atoms with Crippen molar-refractivity contribution >= 4 is 32.1 Å². The number of hydrogen-bond donors (Lipinski definition) is 0. The molecule has 2 heterocycles. The first-order chi connectivity index (χ1) is 8.72. The van der Waals surface area contributed by atoms with Crippen LogP contribution in [0.4, 0.5) is 0 Å². The van der Waals surface area contributed by atoms with E-state index in [0.717, 1.165) is 0 Å². The van der Waals surface area contributed by atoms with E-state index in [2.05, 4.69) is 50.2 Å². The third kappa shape index (κ3) is 2.65. The minimum atomic E-state index is 1.32. The van der Waals surface area contributed by atoms with E-state index in [1.807, 2.05) is 36.5 Å². The summed E-state index contributed by atoms with van der Waals surface area (Å²) in [6.45, 7) is 8.29. The second kappa shape index (κ2) is 5.68. The van der Waals surface area contributed by atoms with E-state index in [0.29, 0.717) is 0 Å². The van der Waals surface area contributed by atoms with Crippen LogP contribution in [-0.4, -0.2) is 0 Å². The second-order valence-corrected chi connectivity index (χ2v) is 6.43. The molecule has 0 saturated carbocycles. The maximum absolute atomic E-state index is 2.31. The molecule has 0 saturated heterocycles. The van der Waals surface area contributed by atoms with Crippen molar-refractivity contribution in [2.45, 2.75) is 27.7 Å². The highest BCUT2D eigenvalue weighted by atomic mass is 32.1. The van der Waals surface area contributed by atoms with Gasteiger partial charge in [-0.05, 0) is 31.5 Å². The highest BCUT2D eigenvalue weighted by Gasteiger charge is 2.06. The smallest absolute Gasteiger partial charge is 0.0459 e. The first-order valence-electron chi connectivity index (χ1n) is 6.29. The van der Waals surface area contributed by atoms with Crippen LogP contribution in [0.1, 0.15) is 24.3 Å². The average molecular weight is 274 g/mol. The van der Waals surface area contributed by atoms with Gasteiger partial charge in [0.15, 0.2) is 0 Å². The molecule has 0 nitrogen and oxygen atoms in total. The monoisotopic (exact) mass is 274 g/mol. The highest BCUT2D eigenvalue weighted by molar-refractivity contribution is 7.29. The van der Waals surface area contributed by atoms with Gasteiger partial charge in [-0.25, -0.2) is 0 Å². The van der Waals surface area contributed by atoms with E-state index in [1.165, 1.54) is 30.3 Å². The summed E-state index contributed by atoms with van der Waals surface area (Å²) in [5.74, 6) is 0. The average Bonchev–Trinajstić information content (AvgIpc) is 2.89. The van der Waals surface area contributed by atoms with Crippen LogP contribution >= 0.6 is 22.7 Å². The third-order valence-electron chi connectivity index (χ3n) is 2.67. The van der Waals surface area contributed by atoms with Crippen molar-refractivity contribution < 1.29 is 0 Å². The van der Waals surface area contributed by atoms with Crippen LogP contribution in [0.25, 0.3) is 19.8 Å². The number of benzene rings is 1. The van der Waals surface area contributed by atoms with Gasteiger partial charge in [-0.1, -0.05) is 43.7 Å². The zero-order valence-corrected chi connectivity index (χ0v) is 12.9. The predicted octanol–water partition coefficient (Wildman–Crippen LogP) is 6.27. The van der Waals surface area contributed by atoms with Gasteiger partial charge in [-0.2, -0.15) is 0 Å². The van der Waals surface area contributed by atoms with E-state index >= 15 is 0 Å². The Balaban J connectivity index is 0.000000574. The summed E-state index contributed by atoms with van der Waals surface area (Å²) in [5.41, 5.74) is 2.65. The van der Waals surface area contributed by atoms with E-state index in [9.17, 15) is 0 Å². The zero-order chi connectivity index (χ0) is 13.1. The molecule has 0 spiro atoms.